The molecule has 1 aromatic heterocycles. The molecule has 3 rings (SSSR count). The monoisotopic (exact) mass is 309 g/mol. The maximum Gasteiger partial charge on any atom is 0.352 e. The maximum atomic E-state index is 14.0. The standard InChI is InChI=1S/C15H17F2N3O2/c1-9-18-11-8-10(4-5-12(11)20(9)2)19-13(21)15(16,17)14(22)6-3-7-14/h4-5,8,22H,3,6-7H2,1-2H3,(H,19,21). The zero-order valence-corrected chi connectivity index (χ0v) is 12.4. The van der Waals surface area contributed by atoms with Crippen molar-refractivity contribution in [3.8, 4) is 0 Å². The van der Waals surface area contributed by atoms with E-state index in [1.165, 1.54) is 0 Å². The molecule has 1 heterocycles. The molecule has 1 aromatic carbocycles. The molecular formula is C15H17F2N3O2. The van der Waals surface area contributed by atoms with Crippen LogP contribution < -0.4 is 5.32 Å². The molecule has 1 amide bonds. The van der Waals surface area contributed by atoms with Gasteiger partial charge in [-0.3, -0.25) is 4.79 Å². The van der Waals surface area contributed by atoms with Crippen molar-refractivity contribution >= 4 is 22.6 Å². The lowest BCUT2D eigenvalue weighted by Gasteiger charge is -2.41. The van der Waals surface area contributed by atoms with Crippen molar-refractivity contribution in [2.45, 2.75) is 37.7 Å². The Labute approximate surface area is 126 Å². The number of hydrogen-bond donors (Lipinski definition) is 2. The Bertz CT molecular complexity index is 751. The van der Waals surface area contributed by atoms with Gasteiger partial charge in [0.05, 0.1) is 11.0 Å². The van der Waals surface area contributed by atoms with Crippen molar-refractivity contribution in [1.29, 1.82) is 0 Å². The number of aliphatic hydroxyl groups is 1. The summed E-state index contributed by atoms with van der Waals surface area (Å²) in [5, 5.41) is 12.0. The van der Waals surface area contributed by atoms with Gasteiger partial charge in [-0.1, -0.05) is 0 Å². The zero-order valence-electron chi connectivity index (χ0n) is 12.4. The summed E-state index contributed by atoms with van der Waals surface area (Å²) in [6.07, 6.45) is 0.371. The molecule has 1 saturated carbocycles. The lowest BCUT2D eigenvalue weighted by molar-refractivity contribution is -0.212. The van der Waals surface area contributed by atoms with Crippen LogP contribution in [0.2, 0.25) is 0 Å². The summed E-state index contributed by atoms with van der Waals surface area (Å²) in [6, 6.07) is 4.80. The Hall–Kier alpha value is -2.02. The number of imidazole rings is 1. The van der Waals surface area contributed by atoms with E-state index in [2.05, 4.69) is 10.3 Å². The van der Waals surface area contributed by atoms with Crippen molar-refractivity contribution in [2.24, 2.45) is 7.05 Å². The largest absolute Gasteiger partial charge is 0.383 e. The van der Waals surface area contributed by atoms with Crippen LogP contribution in [0.1, 0.15) is 25.1 Å². The number of rotatable bonds is 3. The summed E-state index contributed by atoms with van der Waals surface area (Å²) in [6.45, 7) is 1.83. The average Bonchev–Trinajstić information content (AvgIpc) is 2.70. The fourth-order valence-electron chi connectivity index (χ4n) is 2.64. The molecule has 5 nitrogen and oxygen atoms in total. The van der Waals surface area contributed by atoms with Crippen LogP contribution in [0, 0.1) is 6.92 Å². The molecule has 0 saturated heterocycles. The number of hydrogen-bond acceptors (Lipinski definition) is 3. The third kappa shape index (κ3) is 2.08. The first-order valence-electron chi connectivity index (χ1n) is 7.09. The molecule has 1 aliphatic carbocycles. The number of nitrogens with one attached hydrogen (secondary N) is 1. The summed E-state index contributed by atoms with van der Waals surface area (Å²) in [5.74, 6) is -4.51. The van der Waals surface area contributed by atoms with Crippen LogP contribution in [0.25, 0.3) is 11.0 Å². The van der Waals surface area contributed by atoms with Crippen molar-refractivity contribution in [3.63, 3.8) is 0 Å². The molecule has 2 N–H and O–H groups in total. The Morgan fingerprint density at radius 3 is 2.73 bits per heavy atom. The molecule has 0 radical (unpaired) electrons. The van der Waals surface area contributed by atoms with Crippen LogP contribution >= 0.6 is 0 Å². The van der Waals surface area contributed by atoms with Crippen molar-refractivity contribution in [1.82, 2.24) is 9.55 Å². The summed E-state index contributed by atoms with van der Waals surface area (Å²) in [5.41, 5.74) is -0.524. The molecule has 0 spiro atoms. The van der Waals surface area contributed by atoms with E-state index in [9.17, 15) is 18.7 Å². The van der Waals surface area contributed by atoms with Crippen LogP contribution in [0.4, 0.5) is 14.5 Å². The van der Waals surface area contributed by atoms with E-state index >= 15 is 0 Å². The van der Waals surface area contributed by atoms with Gasteiger partial charge >= 0.3 is 5.92 Å². The molecule has 1 fully saturated rings. The molecule has 0 unspecified atom stereocenters. The number of benzene rings is 1. The molecule has 0 atom stereocenters. The highest BCUT2D eigenvalue weighted by atomic mass is 19.3. The Morgan fingerprint density at radius 1 is 1.45 bits per heavy atom. The van der Waals surface area contributed by atoms with Gasteiger partial charge < -0.3 is 15.0 Å². The lowest BCUT2D eigenvalue weighted by atomic mass is 9.75. The topological polar surface area (TPSA) is 67.2 Å². The SMILES string of the molecule is Cc1nc2cc(NC(=O)C(F)(F)C3(O)CCC3)ccc2n1C. The van der Waals surface area contributed by atoms with E-state index in [0.29, 0.717) is 11.9 Å². The van der Waals surface area contributed by atoms with Crippen LogP contribution in [-0.2, 0) is 11.8 Å². The second-order valence-corrected chi connectivity index (χ2v) is 5.84. The highest BCUT2D eigenvalue weighted by molar-refractivity contribution is 5.98. The second-order valence-electron chi connectivity index (χ2n) is 5.84. The van der Waals surface area contributed by atoms with Gasteiger partial charge in [-0.05, 0) is 44.4 Å². The fourth-order valence-corrected chi connectivity index (χ4v) is 2.64. The molecular weight excluding hydrogens is 292 g/mol. The van der Waals surface area contributed by atoms with E-state index in [-0.39, 0.29) is 18.5 Å². The first-order valence-corrected chi connectivity index (χ1v) is 7.09. The number of aromatic nitrogens is 2. The summed E-state index contributed by atoms with van der Waals surface area (Å²) >= 11 is 0. The lowest BCUT2D eigenvalue weighted by Crippen LogP contribution is -2.59. The van der Waals surface area contributed by atoms with Crippen LogP contribution in [0.5, 0.6) is 0 Å². The molecule has 0 aliphatic heterocycles. The molecule has 118 valence electrons. The van der Waals surface area contributed by atoms with Gasteiger partial charge in [0.1, 0.15) is 11.4 Å². The first kappa shape index (κ1) is 14.9. The molecule has 22 heavy (non-hydrogen) atoms. The molecule has 1 aliphatic rings. The van der Waals surface area contributed by atoms with E-state index in [0.717, 1.165) is 11.3 Å². The minimum atomic E-state index is -3.81. The minimum absolute atomic E-state index is 0.0636. The number of anilines is 1. The Kier molecular flexibility index (Phi) is 3.21. The van der Waals surface area contributed by atoms with Gasteiger partial charge in [0.2, 0.25) is 0 Å². The Morgan fingerprint density at radius 2 is 2.14 bits per heavy atom. The molecule has 7 heteroatoms. The number of halogens is 2. The van der Waals surface area contributed by atoms with Crippen molar-refractivity contribution < 1.29 is 18.7 Å². The normalized spacial score (nSPS) is 17.3. The summed E-state index contributed by atoms with van der Waals surface area (Å²) in [4.78, 5) is 16.1. The third-order valence-electron chi connectivity index (χ3n) is 4.41. The number of nitrogens with zero attached hydrogens (tertiary/aromatic N) is 2. The quantitative estimate of drug-likeness (QED) is 0.914. The second kappa shape index (κ2) is 4.74. The average molecular weight is 309 g/mol. The minimum Gasteiger partial charge on any atom is -0.383 e. The van der Waals surface area contributed by atoms with Crippen LogP contribution in [0.3, 0.4) is 0 Å². The van der Waals surface area contributed by atoms with E-state index in [4.69, 9.17) is 0 Å². The number of fused-ring (bicyclic) bond motifs is 1. The summed E-state index contributed by atoms with van der Waals surface area (Å²) in [7, 11) is 1.85. The number of amides is 1. The number of carbonyl (C=O) groups is 1. The van der Waals surface area contributed by atoms with Crippen molar-refractivity contribution in [3.05, 3.63) is 24.0 Å². The Balaban J connectivity index is 1.85. The molecule has 0 bridgehead atoms. The van der Waals surface area contributed by atoms with Crippen LogP contribution in [-0.4, -0.2) is 32.1 Å². The van der Waals surface area contributed by atoms with Crippen LogP contribution in [0.15, 0.2) is 18.2 Å². The number of alkyl halides is 2. The van der Waals surface area contributed by atoms with Gasteiger partial charge in [-0.15, -0.1) is 0 Å². The van der Waals surface area contributed by atoms with Crippen molar-refractivity contribution in [2.75, 3.05) is 5.32 Å². The van der Waals surface area contributed by atoms with Gasteiger partial charge in [0, 0.05) is 12.7 Å². The van der Waals surface area contributed by atoms with E-state index < -0.39 is 17.4 Å². The number of aryl methyl sites for hydroxylation is 2. The predicted octanol–water partition coefficient (Wildman–Crippen LogP) is 2.37. The first-order chi connectivity index (χ1) is 10.2. The number of carbonyl (C=O) groups excluding carboxylic acids is 1. The highest BCUT2D eigenvalue weighted by Gasteiger charge is 2.61. The smallest absolute Gasteiger partial charge is 0.352 e. The van der Waals surface area contributed by atoms with Gasteiger partial charge in [0.15, 0.2) is 0 Å². The third-order valence-corrected chi connectivity index (χ3v) is 4.41. The van der Waals surface area contributed by atoms with Gasteiger partial charge in [0.25, 0.3) is 5.91 Å². The predicted molar refractivity (Wildman–Crippen MR) is 77.8 cm³/mol. The van der Waals surface area contributed by atoms with E-state index in [1.807, 2.05) is 18.5 Å². The van der Waals surface area contributed by atoms with Gasteiger partial charge in [-0.25, -0.2) is 4.98 Å². The van der Waals surface area contributed by atoms with Gasteiger partial charge in [-0.2, -0.15) is 8.78 Å². The molecule has 2 aromatic rings. The highest BCUT2D eigenvalue weighted by Crippen LogP contribution is 2.44. The zero-order chi connectivity index (χ0) is 16.1. The summed E-state index contributed by atoms with van der Waals surface area (Å²) < 4.78 is 29.9. The maximum absolute atomic E-state index is 14.0. The van der Waals surface area contributed by atoms with E-state index in [1.54, 1.807) is 18.2 Å². The fraction of sp³-hybridized carbons (Fsp3) is 0.467.